The highest BCUT2D eigenvalue weighted by atomic mass is 16.5. The summed E-state index contributed by atoms with van der Waals surface area (Å²) in [7, 11) is 0. The van der Waals surface area contributed by atoms with E-state index in [2.05, 4.69) is 0 Å². The van der Waals surface area contributed by atoms with Crippen LogP contribution < -0.4 is 4.74 Å². The van der Waals surface area contributed by atoms with E-state index in [1.54, 1.807) is 24.3 Å². The minimum atomic E-state index is -1.03. The van der Waals surface area contributed by atoms with Crippen LogP contribution >= 0.6 is 0 Å². The van der Waals surface area contributed by atoms with E-state index in [4.69, 9.17) is 14.9 Å². The van der Waals surface area contributed by atoms with Gasteiger partial charge in [0.05, 0.1) is 0 Å². The molecule has 0 aliphatic heterocycles. The molecule has 1 rings (SSSR count). The van der Waals surface area contributed by atoms with Crippen molar-refractivity contribution in [3.63, 3.8) is 0 Å². The Morgan fingerprint density at radius 3 is 2.19 bits per heavy atom. The molecule has 0 radical (unpaired) electrons. The number of hydrogen-bond donors (Lipinski definition) is 2. The van der Waals surface area contributed by atoms with Crippen LogP contribution in [0, 0.1) is 0 Å². The van der Waals surface area contributed by atoms with Crippen molar-refractivity contribution in [2.45, 2.75) is 12.8 Å². The van der Waals surface area contributed by atoms with Crippen molar-refractivity contribution in [3.8, 4) is 5.75 Å². The second kappa shape index (κ2) is 5.75. The Balaban J connectivity index is 2.47. The minimum Gasteiger partial charge on any atom is -0.482 e. The highest BCUT2D eigenvalue weighted by Crippen LogP contribution is 2.13. The summed E-state index contributed by atoms with van der Waals surface area (Å²) in [6, 6.07) is 6.69. The summed E-state index contributed by atoms with van der Waals surface area (Å²) in [5, 5.41) is 16.9. The third kappa shape index (κ3) is 4.45. The number of carboxylic acid groups (broad SMARTS) is 2. The molecule has 0 fully saturated rings. The van der Waals surface area contributed by atoms with Crippen LogP contribution in [-0.2, 0) is 16.0 Å². The molecular weight excluding hydrogens is 212 g/mol. The molecular formula is C11H12O5. The summed E-state index contributed by atoms with van der Waals surface area (Å²) in [4.78, 5) is 20.6. The van der Waals surface area contributed by atoms with Gasteiger partial charge in [-0.1, -0.05) is 12.1 Å². The van der Waals surface area contributed by atoms with E-state index in [-0.39, 0.29) is 13.0 Å². The van der Waals surface area contributed by atoms with Crippen LogP contribution in [0.1, 0.15) is 12.0 Å². The fraction of sp³-hybridized carbons (Fsp3) is 0.273. The van der Waals surface area contributed by atoms with Crippen molar-refractivity contribution in [2.75, 3.05) is 6.61 Å². The average molecular weight is 224 g/mol. The van der Waals surface area contributed by atoms with Gasteiger partial charge < -0.3 is 14.9 Å². The number of ether oxygens (including phenoxy) is 1. The van der Waals surface area contributed by atoms with Crippen LogP contribution in [-0.4, -0.2) is 28.8 Å². The van der Waals surface area contributed by atoms with E-state index in [0.29, 0.717) is 12.2 Å². The standard InChI is InChI=1S/C11H12O5/c12-10(13)6-3-8-1-4-9(5-2-8)16-7-11(14)15/h1-2,4-5H,3,6-7H2,(H,12,13)(H,14,15). The molecule has 0 aliphatic rings. The zero-order chi connectivity index (χ0) is 12.0. The van der Waals surface area contributed by atoms with Gasteiger partial charge in [0.25, 0.3) is 0 Å². The van der Waals surface area contributed by atoms with Gasteiger partial charge in [0.1, 0.15) is 5.75 Å². The molecule has 86 valence electrons. The van der Waals surface area contributed by atoms with Gasteiger partial charge in [0, 0.05) is 6.42 Å². The van der Waals surface area contributed by atoms with E-state index in [1.165, 1.54) is 0 Å². The monoisotopic (exact) mass is 224 g/mol. The molecule has 2 N–H and O–H groups in total. The lowest BCUT2D eigenvalue weighted by molar-refractivity contribution is -0.139. The Morgan fingerprint density at radius 2 is 1.69 bits per heavy atom. The first-order valence-corrected chi connectivity index (χ1v) is 4.73. The van der Waals surface area contributed by atoms with Gasteiger partial charge in [0.15, 0.2) is 6.61 Å². The Labute approximate surface area is 92.3 Å². The van der Waals surface area contributed by atoms with Crippen molar-refractivity contribution < 1.29 is 24.5 Å². The molecule has 0 aliphatic carbocycles. The first-order chi connectivity index (χ1) is 7.58. The quantitative estimate of drug-likeness (QED) is 0.757. The van der Waals surface area contributed by atoms with Gasteiger partial charge in [-0.15, -0.1) is 0 Å². The van der Waals surface area contributed by atoms with Gasteiger partial charge in [-0.25, -0.2) is 4.79 Å². The normalized spacial score (nSPS) is 9.75. The first-order valence-electron chi connectivity index (χ1n) is 4.73. The van der Waals surface area contributed by atoms with Crippen molar-refractivity contribution >= 4 is 11.9 Å². The van der Waals surface area contributed by atoms with E-state index < -0.39 is 11.9 Å². The third-order valence-electron chi connectivity index (χ3n) is 1.91. The van der Waals surface area contributed by atoms with Crippen LogP contribution in [0.3, 0.4) is 0 Å². The summed E-state index contributed by atoms with van der Waals surface area (Å²) in [5.41, 5.74) is 0.880. The van der Waals surface area contributed by atoms with Crippen molar-refractivity contribution in [1.82, 2.24) is 0 Å². The fourth-order valence-electron chi connectivity index (χ4n) is 1.15. The lowest BCUT2D eigenvalue weighted by atomic mass is 10.1. The highest BCUT2D eigenvalue weighted by Gasteiger charge is 2.01. The van der Waals surface area contributed by atoms with Gasteiger partial charge in [0.2, 0.25) is 0 Å². The summed E-state index contributed by atoms with van der Waals surface area (Å²) in [6.07, 6.45) is 0.532. The fourth-order valence-corrected chi connectivity index (χ4v) is 1.15. The van der Waals surface area contributed by atoms with Crippen molar-refractivity contribution in [3.05, 3.63) is 29.8 Å². The van der Waals surface area contributed by atoms with Crippen molar-refractivity contribution in [2.24, 2.45) is 0 Å². The molecule has 1 aromatic carbocycles. The number of hydrogen-bond acceptors (Lipinski definition) is 3. The van der Waals surface area contributed by atoms with Gasteiger partial charge in [-0.3, -0.25) is 4.79 Å². The summed E-state index contributed by atoms with van der Waals surface area (Å²) < 4.78 is 4.93. The Hall–Kier alpha value is -2.04. The number of rotatable bonds is 6. The SMILES string of the molecule is O=C(O)CCc1ccc(OCC(=O)O)cc1. The Kier molecular flexibility index (Phi) is 4.32. The van der Waals surface area contributed by atoms with E-state index in [9.17, 15) is 9.59 Å². The Morgan fingerprint density at radius 1 is 1.06 bits per heavy atom. The summed E-state index contributed by atoms with van der Waals surface area (Å²) in [5.74, 6) is -1.41. The molecule has 5 nitrogen and oxygen atoms in total. The van der Waals surface area contributed by atoms with E-state index in [0.717, 1.165) is 5.56 Å². The van der Waals surface area contributed by atoms with Crippen LogP contribution in [0.25, 0.3) is 0 Å². The zero-order valence-corrected chi connectivity index (χ0v) is 8.55. The lowest BCUT2D eigenvalue weighted by Crippen LogP contribution is -2.09. The smallest absolute Gasteiger partial charge is 0.341 e. The maximum Gasteiger partial charge on any atom is 0.341 e. The zero-order valence-electron chi connectivity index (χ0n) is 8.55. The number of aliphatic carboxylic acids is 2. The van der Waals surface area contributed by atoms with Crippen LogP contribution in [0.15, 0.2) is 24.3 Å². The topological polar surface area (TPSA) is 83.8 Å². The molecule has 0 amide bonds. The number of carbonyl (C=O) groups is 2. The molecule has 16 heavy (non-hydrogen) atoms. The molecule has 0 aromatic heterocycles. The molecule has 0 heterocycles. The average Bonchev–Trinajstić information content (AvgIpc) is 2.25. The largest absolute Gasteiger partial charge is 0.482 e. The first kappa shape index (κ1) is 12.0. The second-order valence-corrected chi connectivity index (χ2v) is 3.22. The molecule has 0 saturated heterocycles. The molecule has 0 spiro atoms. The second-order valence-electron chi connectivity index (χ2n) is 3.22. The lowest BCUT2D eigenvalue weighted by Gasteiger charge is -2.04. The van der Waals surface area contributed by atoms with Crippen LogP contribution in [0.2, 0.25) is 0 Å². The molecule has 0 unspecified atom stereocenters. The van der Waals surface area contributed by atoms with Crippen LogP contribution in [0.4, 0.5) is 0 Å². The van der Waals surface area contributed by atoms with Gasteiger partial charge in [-0.05, 0) is 24.1 Å². The van der Waals surface area contributed by atoms with Gasteiger partial charge >= 0.3 is 11.9 Å². The summed E-state index contributed by atoms with van der Waals surface area (Å²) in [6.45, 7) is -0.380. The molecule has 5 heteroatoms. The molecule has 0 bridgehead atoms. The minimum absolute atomic E-state index is 0.0787. The van der Waals surface area contributed by atoms with Gasteiger partial charge in [-0.2, -0.15) is 0 Å². The molecule has 1 aromatic rings. The Bertz CT molecular complexity index is 331. The predicted molar refractivity (Wildman–Crippen MR) is 55.5 cm³/mol. The molecule has 0 atom stereocenters. The van der Waals surface area contributed by atoms with E-state index in [1.807, 2.05) is 0 Å². The predicted octanol–water partition coefficient (Wildman–Crippen LogP) is 1.17. The maximum absolute atomic E-state index is 10.3. The number of carboxylic acids is 2. The highest BCUT2D eigenvalue weighted by molar-refractivity contribution is 5.68. The van der Waals surface area contributed by atoms with E-state index >= 15 is 0 Å². The summed E-state index contributed by atoms with van der Waals surface area (Å²) >= 11 is 0. The maximum atomic E-state index is 10.3. The van der Waals surface area contributed by atoms with Crippen LogP contribution in [0.5, 0.6) is 5.75 Å². The number of benzene rings is 1. The third-order valence-corrected chi connectivity index (χ3v) is 1.91. The number of aryl methyl sites for hydroxylation is 1. The van der Waals surface area contributed by atoms with Crippen molar-refractivity contribution in [1.29, 1.82) is 0 Å². The molecule has 0 saturated carbocycles.